The average Bonchev–Trinajstić information content (AvgIpc) is 2.51. The van der Waals surface area contributed by atoms with Crippen LogP contribution in [0.2, 0.25) is 0 Å². The van der Waals surface area contributed by atoms with Gasteiger partial charge in [-0.2, -0.15) is 0 Å². The van der Waals surface area contributed by atoms with E-state index in [4.69, 9.17) is 0 Å². The summed E-state index contributed by atoms with van der Waals surface area (Å²) in [5.74, 6) is -0.217. The average molecular weight is 302 g/mol. The molecule has 0 fully saturated rings. The van der Waals surface area contributed by atoms with Crippen LogP contribution in [-0.2, 0) is 17.6 Å². The molecule has 0 heterocycles. The summed E-state index contributed by atoms with van der Waals surface area (Å²) in [5.41, 5.74) is 2.11. The Hall–Kier alpha value is -2.03. The Morgan fingerprint density at radius 3 is 1.41 bits per heavy atom. The molecule has 0 aliphatic carbocycles. The smallest absolute Gasteiger partial charge is 0.132 e. The van der Waals surface area contributed by atoms with E-state index in [1.165, 1.54) is 24.3 Å². The summed E-state index contributed by atoms with van der Waals surface area (Å²) in [6, 6.07) is 12.8. The maximum atomic E-state index is 12.8. The zero-order chi connectivity index (χ0) is 15.8. The van der Waals surface area contributed by atoms with Crippen molar-refractivity contribution in [3.63, 3.8) is 0 Å². The maximum absolute atomic E-state index is 12.8. The van der Waals surface area contributed by atoms with Crippen molar-refractivity contribution in [2.75, 3.05) is 0 Å². The molecular formula is C19H20F2O. The van der Waals surface area contributed by atoms with E-state index >= 15 is 0 Å². The van der Waals surface area contributed by atoms with Crippen LogP contribution in [0.25, 0.3) is 0 Å². The molecule has 0 aliphatic rings. The fourth-order valence-electron chi connectivity index (χ4n) is 2.41. The molecule has 0 N–H and O–H groups in total. The Bertz CT molecular complexity index is 534. The first-order valence-electron chi connectivity index (χ1n) is 7.64. The van der Waals surface area contributed by atoms with Gasteiger partial charge < -0.3 is 0 Å². The second-order valence-electron chi connectivity index (χ2n) is 5.50. The van der Waals surface area contributed by atoms with Crippen LogP contribution in [0.1, 0.15) is 36.8 Å². The highest BCUT2D eigenvalue weighted by Gasteiger charge is 2.03. The Morgan fingerprint density at radius 1 is 0.682 bits per heavy atom. The fraction of sp³-hybridized carbons (Fsp3) is 0.316. The Morgan fingerprint density at radius 2 is 1.05 bits per heavy atom. The maximum Gasteiger partial charge on any atom is 0.132 e. The van der Waals surface area contributed by atoms with E-state index in [0.29, 0.717) is 12.8 Å². The molecule has 0 saturated heterocycles. The van der Waals surface area contributed by atoms with Gasteiger partial charge in [0.2, 0.25) is 0 Å². The van der Waals surface area contributed by atoms with Crippen LogP contribution < -0.4 is 0 Å². The standard InChI is InChI=1S/C19H20F2O/c20-17-11-7-15(8-12-17)3-1-5-19(22)6-2-4-16-9-13-18(21)14-10-16/h7-14H,1-6H2. The van der Waals surface area contributed by atoms with Gasteiger partial charge in [0.05, 0.1) is 0 Å². The minimum atomic E-state index is -0.236. The number of aryl methyl sites for hydroxylation is 2. The number of halogens is 2. The van der Waals surface area contributed by atoms with Gasteiger partial charge in [-0.25, -0.2) is 8.78 Å². The van der Waals surface area contributed by atoms with Gasteiger partial charge in [-0.15, -0.1) is 0 Å². The number of ketones is 1. The van der Waals surface area contributed by atoms with Crippen LogP contribution in [0.5, 0.6) is 0 Å². The zero-order valence-corrected chi connectivity index (χ0v) is 12.5. The summed E-state index contributed by atoms with van der Waals surface area (Å²) in [7, 11) is 0. The van der Waals surface area contributed by atoms with Gasteiger partial charge in [0.15, 0.2) is 0 Å². The van der Waals surface area contributed by atoms with Crippen molar-refractivity contribution in [3.8, 4) is 0 Å². The van der Waals surface area contributed by atoms with Gasteiger partial charge in [-0.05, 0) is 61.1 Å². The van der Waals surface area contributed by atoms with Crippen LogP contribution in [-0.4, -0.2) is 5.78 Å². The van der Waals surface area contributed by atoms with Crippen LogP contribution in [0.4, 0.5) is 8.78 Å². The molecule has 0 aliphatic heterocycles. The quantitative estimate of drug-likeness (QED) is 0.679. The van der Waals surface area contributed by atoms with Crippen LogP contribution in [0.15, 0.2) is 48.5 Å². The third kappa shape index (κ3) is 5.76. The lowest BCUT2D eigenvalue weighted by Gasteiger charge is -2.03. The van der Waals surface area contributed by atoms with E-state index in [1.54, 1.807) is 24.3 Å². The lowest BCUT2D eigenvalue weighted by Crippen LogP contribution is -2.00. The third-order valence-electron chi connectivity index (χ3n) is 3.67. The monoisotopic (exact) mass is 302 g/mol. The molecule has 0 bridgehead atoms. The number of Topliss-reactive ketones (excluding diaryl/α,β-unsaturated/α-hetero) is 1. The molecule has 0 unspecified atom stereocenters. The fourth-order valence-corrected chi connectivity index (χ4v) is 2.41. The molecule has 2 aromatic rings. The molecule has 2 rings (SSSR count). The lowest BCUT2D eigenvalue weighted by atomic mass is 10.0. The molecule has 3 heteroatoms. The first kappa shape index (κ1) is 16.3. The second-order valence-corrected chi connectivity index (χ2v) is 5.50. The topological polar surface area (TPSA) is 17.1 Å². The Balaban J connectivity index is 1.61. The molecular weight excluding hydrogens is 282 g/mol. The Kier molecular flexibility index (Phi) is 6.26. The number of rotatable bonds is 8. The number of carbonyl (C=O) groups excluding carboxylic acids is 1. The van der Waals surface area contributed by atoms with Crippen molar-refractivity contribution in [2.45, 2.75) is 38.5 Å². The normalized spacial score (nSPS) is 10.6. The van der Waals surface area contributed by atoms with E-state index in [9.17, 15) is 13.6 Å². The SMILES string of the molecule is O=C(CCCc1ccc(F)cc1)CCCc1ccc(F)cc1. The summed E-state index contributed by atoms with van der Waals surface area (Å²) in [6.45, 7) is 0. The molecule has 0 atom stereocenters. The molecule has 22 heavy (non-hydrogen) atoms. The van der Waals surface area contributed by atoms with Crippen molar-refractivity contribution >= 4 is 5.78 Å². The Labute approximate surface area is 130 Å². The summed E-state index contributed by atoms with van der Waals surface area (Å²) in [5, 5.41) is 0. The lowest BCUT2D eigenvalue weighted by molar-refractivity contribution is -0.119. The minimum Gasteiger partial charge on any atom is -0.300 e. The zero-order valence-electron chi connectivity index (χ0n) is 12.5. The number of carbonyl (C=O) groups is 1. The van der Waals surface area contributed by atoms with Crippen molar-refractivity contribution in [3.05, 3.63) is 71.3 Å². The first-order valence-corrected chi connectivity index (χ1v) is 7.64. The molecule has 116 valence electrons. The minimum absolute atomic E-state index is 0.236. The van der Waals surface area contributed by atoms with Crippen molar-refractivity contribution in [2.24, 2.45) is 0 Å². The highest BCUT2D eigenvalue weighted by atomic mass is 19.1. The van der Waals surface area contributed by atoms with Crippen molar-refractivity contribution in [1.82, 2.24) is 0 Å². The van der Waals surface area contributed by atoms with Gasteiger partial charge in [0, 0.05) is 12.8 Å². The second kappa shape index (κ2) is 8.42. The van der Waals surface area contributed by atoms with Gasteiger partial charge in [0.25, 0.3) is 0 Å². The van der Waals surface area contributed by atoms with Crippen LogP contribution >= 0.6 is 0 Å². The van der Waals surface area contributed by atoms with Crippen LogP contribution in [0.3, 0.4) is 0 Å². The van der Waals surface area contributed by atoms with Gasteiger partial charge in [-0.3, -0.25) is 4.79 Å². The van der Waals surface area contributed by atoms with Crippen molar-refractivity contribution in [1.29, 1.82) is 0 Å². The molecule has 0 saturated carbocycles. The summed E-state index contributed by atoms with van der Waals surface area (Å²) in [6.07, 6.45) is 4.29. The summed E-state index contributed by atoms with van der Waals surface area (Å²) >= 11 is 0. The number of hydrogen-bond acceptors (Lipinski definition) is 1. The first-order chi connectivity index (χ1) is 10.6. The summed E-state index contributed by atoms with van der Waals surface area (Å²) < 4.78 is 25.5. The van der Waals surface area contributed by atoms with E-state index in [0.717, 1.165) is 36.8 Å². The predicted octanol–water partition coefficient (Wildman–Crippen LogP) is 4.88. The predicted molar refractivity (Wildman–Crippen MR) is 83.7 cm³/mol. The molecule has 0 spiro atoms. The van der Waals surface area contributed by atoms with Crippen molar-refractivity contribution < 1.29 is 13.6 Å². The van der Waals surface area contributed by atoms with E-state index in [2.05, 4.69) is 0 Å². The van der Waals surface area contributed by atoms with E-state index < -0.39 is 0 Å². The molecule has 0 radical (unpaired) electrons. The van der Waals surface area contributed by atoms with Gasteiger partial charge in [-0.1, -0.05) is 24.3 Å². The molecule has 2 aromatic carbocycles. The summed E-state index contributed by atoms with van der Waals surface area (Å²) in [4.78, 5) is 11.8. The number of benzene rings is 2. The van der Waals surface area contributed by atoms with Gasteiger partial charge in [0.1, 0.15) is 17.4 Å². The highest BCUT2D eigenvalue weighted by molar-refractivity contribution is 5.78. The van der Waals surface area contributed by atoms with E-state index in [1.807, 2.05) is 0 Å². The third-order valence-corrected chi connectivity index (χ3v) is 3.67. The highest BCUT2D eigenvalue weighted by Crippen LogP contribution is 2.10. The van der Waals surface area contributed by atoms with E-state index in [-0.39, 0.29) is 17.4 Å². The molecule has 0 aromatic heterocycles. The van der Waals surface area contributed by atoms with Gasteiger partial charge >= 0.3 is 0 Å². The van der Waals surface area contributed by atoms with Crippen LogP contribution in [0, 0.1) is 11.6 Å². The largest absolute Gasteiger partial charge is 0.300 e. The molecule has 0 amide bonds. The number of hydrogen-bond donors (Lipinski definition) is 0. The molecule has 1 nitrogen and oxygen atoms in total.